The zero-order valence-corrected chi connectivity index (χ0v) is 21.2. The van der Waals surface area contributed by atoms with Crippen LogP contribution in [0.4, 0.5) is 4.39 Å². The molecule has 8 heteroatoms. The standard InChI is InChI=1S/C28H32FN3O4/c1-5-31(6-2)28(34)24-16-36-25(30-24)17-35-22-11-10-19-12-13-32(27(33)18(3)4)26(23(19)15-22)20-8-7-9-21(29)14-20/h7-11,14-16,18,26H,5-6,12-13,17H2,1-4H3/t26-/m1/s1. The van der Waals surface area contributed by atoms with Crippen molar-refractivity contribution in [1.82, 2.24) is 14.8 Å². The number of rotatable bonds is 8. The number of benzene rings is 2. The molecule has 0 unspecified atom stereocenters. The minimum atomic E-state index is -0.414. The van der Waals surface area contributed by atoms with Crippen molar-refractivity contribution in [1.29, 1.82) is 0 Å². The number of ether oxygens (including phenoxy) is 1. The van der Waals surface area contributed by atoms with Crippen LogP contribution in [0.2, 0.25) is 0 Å². The largest absolute Gasteiger partial charge is 0.484 e. The molecule has 4 rings (SSSR count). The van der Waals surface area contributed by atoms with Crippen LogP contribution in [0.5, 0.6) is 5.75 Å². The normalized spacial score (nSPS) is 15.1. The van der Waals surface area contributed by atoms with E-state index >= 15 is 0 Å². The second kappa shape index (κ2) is 10.9. The van der Waals surface area contributed by atoms with E-state index in [0.717, 1.165) is 11.1 Å². The molecule has 1 aliphatic heterocycles. The number of aromatic nitrogens is 1. The van der Waals surface area contributed by atoms with Gasteiger partial charge >= 0.3 is 0 Å². The van der Waals surface area contributed by atoms with Gasteiger partial charge in [0, 0.05) is 25.6 Å². The van der Waals surface area contributed by atoms with Gasteiger partial charge in [-0.1, -0.05) is 32.0 Å². The van der Waals surface area contributed by atoms with Crippen LogP contribution in [-0.4, -0.2) is 46.2 Å². The average Bonchev–Trinajstić information content (AvgIpc) is 3.36. The second-order valence-corrected chi connectivity index (χ2v) is 9.15. The molecule has 0 fully saturated rings. The molecule has 1 aliphatic rings. The van der Waals surface area contributed by atoms with E-state index in [1.54, 1.807) is 11.0 Å². The van der Waals surface area contributed by atoms with Gasteiger partial charge < -0.3 is 19.0 Å². The highest BCUT2D eigenvalue weighted by molar-refractivity contribution is 5.91. The average molecular weight is 494 g/mol. The van der Waals surface area contributed by atoms with Crippen LogP contribution in [0.1, 0.15) is 66.8 Å². The van der Waals surface area contributed by atoms with Crippen LogP contribution in [-0.2, 0) is 17.8 Å². The number of oxazole rings is 1. The van der Waals surface area contributed by atoms with Crippen LogP contribution in [0.25, 0.3) is 0 Å². The van der Waals surface area contributed by atoms with E-state index in [4.69, 9.17) is 9.15 Å². The van der Waals surface area contributed by atoms with Crippen LogP contribution < -0.4 is 4.74 Å². The number of amides is 2. The molecular weight excluding hydrogens is 461 g/mol. The molecule has 0 bridgehead atoms. The maximum Gasteiger partial charge on any atom is 0.275 e. The fraction of sp³-hybridized carbons (Fsp3) is 0.393. The minimum Gasteiger partial charge on any atom is -0.484 e. The molecule has 2 heterocycles. The van der Waals surface area contributed by atoms with Gasteiger partial charge in [0.1, 0.15) is 17.8 Å². The summed E-state index contributed by atoms with van der Waals surface area (Å²) in [5.74, 6) is 0.177. The lowest BCUT2D eigenvalue weighted by molar-refractivity contribution is -0.136. The van der Waals surface area contributed by atoms with Gasteiger partial charge in [0.15, 0.2) is 12.3 Å². The Morgan fingerprint density at radius 1 is 1.19 bits per heavy atom. The highest BCUT2D eigenvalue weighted by atomic mass is 19.1. The molecule has 0 saturated heterocycles. The van der Waals surface area contributed by atoms with E-state index in [1.807, 2.05) is 56.9 Å². The Labute approximate surface area is 210 Å². The summed E-state index contributed by atoms with van der Waals surface area (Å²) in [6, 6.07) is 11.7. The Morgan fingerprint density at radius 3 is 2.67 bits per heavy atom. The molecule has 3 aromatic rings. The van der Waals surface area contributed by atoms with Gasteiger partial charge in [-0.25, -0.2) is 9.37 Å². The van der Waals surface area contributed by atoms with Gasteiger partial charge in [-0.15, -0.1) is 0 Å². The van der Waals surface area contributed by atoms with E-state index in [2.05, 4.69) is 4.98 Å². The topological polar surface area (TPSA) is 75.9 Å². The number of halogens is 1. The number of carbonyl (C=O) groups excluding carboxylic acids is 2. The SMILES string of the molecule is CCN(CC)C(=O)c1coc(COc2ccc3c(c2)[C@@H](c2cccc(F)c2)N(C(=O)C(C)C)CC3)n1. The number of carbonyl (C=O) groups is 2. The Bertz CT molecular complexity index is 1240. The lowest BCUT2D eigenvalue weighted by Gasteiger charge is -2.39. The molecular formula is C28H32FN3O4. The zero-order chi connectivity index (χ0) is 25.8. The summed E-state index contributed by atoms with van der Waals surface area (Å²) < 4.78 is 25.6. The van der Waals surface area contributed by atoms with E-state index in [-0.39, 0.29) is 35.9 Å². The van der Waals surface area contributed by atoms with Crippen molar-refractivity contribution in [2.45, 2.75) is 46.8 Å². The third-order valence-electron chi connectivity index (χ3n) is 6.47. The molecule has 0 saturated carbocycles. The first-order chi connectivity index (χ1) is 17.3. The van der Waals surface area contributed by atoms with E-state index in [1.165, 1.54) is 18.4 Å². The van der Waals surface area contributed by atoms with Crippen molar-refractivity contribution in [3.63, 3.8) is 0 Å². The monoisotopic (exact) mass is 493 g/mol. The molecule has 1 atom stereocenters. The van der Waals surface area contributed by atoms with Crippen molar-refractivity contribution in [3.8, 4) is 5.75 Å². The summed E-state index contributed by atoms with van der Waals surface area (Å²) in [5.41, 5.74) is 2.96. The summed E-state index contributed by atoms with van der Waals surface area (Å²) in [7, 11) is 0. The van der Waals surface area contributed by atoms with Crippen LogP contribution >= 0.6 is 0 Å². The molecule has 0 aliphatic carbocycles. The van der Waals surface area contributed by atoms with Gasteiger partial charge in [0.05, 0.1) is 6.04 Å². The first-order valence-corrected chi connectivity index (χ1v) is 12.4. The summed E-state index contributed by atoms with van der Waals surface area (Å²) in [5, 5.41) is 0. The number of nitrogens with zero attached hydrogens (tertiary/aromatic N) is 3. The van der Waals surface area contributed by atoms with Crippen molar-refractivity contribution in [3.05, 3.63) is 82.8 Å². The maximum absolute atomic E-state index is 14.2. The first kappa shape index (κ1) is 25.4. The van der Waals surface area contributed by atoms with E-state index in [9.17, 15) is 14.0 Å². The zero-order valence-electron chi connectivity index (χ0n) is 21.2. The third kappa shape index (κ3) is 5.27. The van der Waals surface area contributed by atoms with Gasteiger partial charge in [-0.2, -0.15) is 0 Å². The van der Waals surface area contributed by atoms with Gasteiger partial charge in [0.25, 0.3) is 5.91 Å². The van der Waals surface area contributed by atoms with Crippen molar-refractivity contribution in [2.75, 3.05) is 19.6 Å². The number of fused-ring (bicyclic) bond motifs is 1. The first-order valence-electron chi connectivity index (χ1n) is 12.4. The fourth-order valence-corrected chi connectivity index (χ4v) is 4.58. The highest BCUT2D eigenvalue weighted by Crippen LogP contribution is 2.38. The summed E-state index contributed by atoms with van der Waals surface area (Å²) >= 11 is 0. The third-order valence-corrected chi connectivity index (χ3v) is 6.47. The fourth-order valence-electron chi connectivity index (χ4n) is 4.58. The molecule has 0 N–H and O–H groups in total. The summed E-state index contributed by atoms with van der Waals surface area (Å²) in [4.78, 5) is 33.3. The van der Waals surface area contributed by atoms with E-state index < -0.39 is 6.04 Å². The second-order valence-electron chi connectivity index (χ2n) is 9.15. The lowest BCUT2D eigenvalue weighted by atomic mass is 9.87. The predicted molar refractivity (Wildman–Crippen MR) is 133 cm³/mol. The molecule has 0 radical (unpaired) electrons. The molecule has 190 valence electrons. The highest BCUT2D eigenvalue weighted by Gasteiger charge is 2.33. The minimum absolute atomic E-state index is 0.0198. The lowest BCUT2D eigenvalue weighted by Crippen LogP contribution is -2.42. The number of hydrogen-bond acceptors (Lipinski definition) is 5. The van der Waals surface area contributed by atoms with Crippen LogP contribution in [0.3, 0.4) is 0 Å². The van der Waals surface area contributed by atoms with Crippen LogP contribution in [0.15, 0.2) is 53.1 Å². The maximum atomic E-state index is 14.2. The van der Waals surface area contributed by atoms with Gasteiger partial charge in [-0.3, -0.25) is 9.59 Å². The molecule has 2 amide bonds. The van der Waals surface area contributed by atoms with Crippen molar-refractivity contribution < 1.29 is 23.1 Å². The summed E-state index contributed by atoms with van der Waals surface area (Å²) in [6.07, 6.45) is 2.05. The molecule has 7 nitrogen and oxygen atoms in total. The van der Waals surface area contributed by atoms with E-state index in [0.29, 0.717) is 43.3 Å². The van der Waals surface area contributed by atoms with Gasteiger partial charge in [-0.05, 0) is 61.2 Å². The Hall–Kier alpha value is -3.68. The predicted octanol–water partition coefficient (Wildman–Crippen LogP) is 5.00. The number of hydrogen-bond donors (Lipinski definition) is 0. The Kier molecular flexibility index (Phi) is 7.72. The van der Waals surface area contributed by atoms with Crippen molar-refractivity contribution >= 4 is 11.8 Å². The van der Waals surface area contributed by atoms with Crippen molar-refractivity contribution in [2.24, 2.45) is 5.92 Å². The molecule has 2 aromatic carbocycles. The summed E-state index contributed by atoms with van der Waals surface area (Å²) in [6.45, 7) is 9.35. The Balaban J connectivity index is 1.59. The van der Waals surface area contributed by atoms with Crippen LogP contribution in [0, 0.1) is 11.7 Å². The Morgan fingerprint density at radius 2 is 1.97 bits per heavy atom. The smallest absolute Gasteiger partial charge is 0.275 e. The quantitative estimate of drug-likeness (QED) is 0.441. The molecule has 1 aromatic heterocycles. The molecule has 36 heavy (non-hydrogen) atoms. The van der Waals surface area contributed by atoms with Gasteiger partial charge in [0.2, 0.25) is 11.8 Å². The molecule has 0 spiro atoms.